The number of nitrogens with zero attached hydrogens (tertiary/aromatic N) is 2. The molecule has 3 nitrogen and oxygen atoms in total. The van der Waals surface area contributed by atoms with Crippen LogP contribution in [0.3, 0.4) is 0 Å². The van der Waals surface area contributed by atoms with E-state index in [0.717, 1.165) is 12.2 Å². The zero-order valence-corrected chi connectivity index (χ0v) is 15.6. The Labute approximate surface area is 152 Å². The number of hydrogen-bond donors (Lipinski definition) is 0. The maximum atomic E-state index is 5.98. The van der Waals surface area contributed by atoms with E-state index in [-0.39, 0.29) is 0 Å². The van der Waals surface area contributed by atoms with Gasteiger partial charge in [-0.2, -0.15) is 0 Å². The standard InChI is InChI=1S/C22H30N2O/c1-19-6-3-8-21(16-19)18-25-22-10-4-7-20(17-22)9-5-11-24-14-12-23(2)13-15-24/h3-4,6-8,10,16-17H,5,9,11-15,18H2,1-2H3. The van der Waals surface area contributed by atoms with Crippen molar-refractivity contribution in [3.63, 3.8) is 0 Å². The lowest BCUT2D eigenvalue weighted by molar-refractivity contribution is 0.153. The Morgan fingerprint density at radius 2 is 1.68 bits per heavy atom. The molecule has 1 aliphatic rings. The molecule has 3 rings (SSSR count). The average molecular weight is 338 g/mol. The van der Waals surface area contributed by atoms with Gasteiger partial charge in [0.25, 0.3) is 0 Å². The Kier molecular flexibility index (Phi) is 6.48. The Morgan fingerprint density at radius 1 is 0.920 bits per heavy atom. The summed E-state index contributed by atoms with van der Waals surface area (Å²) in [5.74, 6) is 0.971. The van der Waals surface area contributed by atoms with Crippen LogP contribution in [0.2, 0.25) is 0 Å². The molecule has 1 aliphatic heterocycles. The zero-order chi connectivity index (χ0) is 17.5. The van der Waals surface area contributed by atoms with Crippen molar-refractivity contribution in [3.8, 4) is 5.75 Å². The van der Waals surface area contributed by atoms with Gasteiger partial charge in [-0.15, -0.1) is 0 Å². The number of ether oxygens (including phenoxy) is 1. The molecule has 134 valence electrons. The molecule has 0 amide bonds. The fourth-order valence-corrected chi connectivity index (χ4v) is 3.34. The molecule has 2 aromatic carbocycles. The normalized spacial score (nSPS) is 16.1. The van der Waals surface area contributed by atoms with Crippen molar-refractivity contribution in [3.05, 3.63) is 65.2 Å². The fourth-order valence-electron chi connectivity index (χ4n) is 3.34. The minimum absolute atomic E-state index is 0.631. The van der Waals surface area contributed by atoms with Gasteiger partial charge in [0.2, 0.25) is 0 Å². The lowest BCUT2D eigenvalue weighted by Gasteiger charge is -2.32. The highest BCUT2D eigenvalue weighted by Gasteiger charge is 2.12. The van der Waals surface area contributed by atoms with E-state index in [4.69, 9.17) is 4.74 Å². The topological polar surface area (TPSA) is 15.7 Å². The Bertz CT molecular complexity index is 663. The Morgan fingerprint density at radius 3 is 2.48 bits per heavy atom. The van der Waals surface area contributed by atoms with E-state index in [1.165, 1.54) is 55.8 Å². The van der Waals surface area contributed by atoms with Crippen molar-refractivity contribution in [1.82, 2.24) is 9.80 Å². The number of piperazine rings is 1. The first-order chi connectivity index (χ1) is 12.2. The summed E-state index contributed by atoms with van der Waals surface area (Å²) in [5.41, 5.74) is 3.87. The molecule has 0 bridgehead atoms. The van der Waals surface area contributed by atoms with Gasteiger partial charge in [-0.05, 0) is 56.6 Å². The summed E-state index contributed by atoms with van der Waals surface area (Å²) in [6.45, 7) is 8.75. The van der Waals surface area contributed by atoms with E-state index in [1.54, 1.807) is 0 Å². The highest BCUT2D eigenvalue weighted by molar-refractivity contribution is 5.29. The van der Waals surface area contributed by atoms with Crippen LogP contribution in [0.5, 0.6) is 5.75 Å². The van der Waals surface area contributed by atoms with Gasteiger partial charge >= 0.3 is 0 Å². The van der Waals surface area contributed by atoms with Gasteiger partial charge in [-0.3, -0.25) is 0 Å². The lowest BCUT2D eigenvalue weighted by Crippen LogP contribution is -2.44. The van der Waals surface area contributed by atoms with Gasteiger partial charge in [0.15, 0.2) is 0 Å². The minimum Gasteiger partial charge on any atom is -0.489 e. The highest BCUT2D eigenvalue weighted by atomic mass is 16.5. The van der Waals surface area contributed by atoms with Crippen LogP contribution in [0.25, 0.3) is 0 Å². The highest BCUT2D eigenvalue weighted by Crippen LogP contribution is 2.17. The van der Waals surface area contributed by atoms with Gasteiger partial charge in [0.05, 0.1) is 0 Å². The number of hydrogen-bond acceptors (Lipinski definition) is 3. The van der Waals surface area contributed by atoms with E-state index < -0.39 is 0 Å². The van der Waals surface area contributed by atoms with Crippen molar-refractivity contribution in [2.24, 2.45) is 0 Å². The van der Waals surface area contributed by atoms with Gasteiger partial charge in [-0.1, -0.05) is 42.0 Å². The molecule has 3 heteroatoms. The van der Waals surface area contributed by atoms with Crippen molar-refractivity contribution >= 4 is 0 Å². The fraction of sp³-hybridized carbons (Fsp3) is 0.455. The SMILES string of the molecule is Cc1cccc(COc2cccc(CCCN3CCN(C)CC3)c2)c1. The molecule has 2 aromatic rings. The van der Waals surface area contributed by atoms with Gasteiger partial charge in [0.1, 0.15) is 12.4 Å². The van der Waals surface area contributed by atoms with Crippen LogP contribution in [0, 0.1) is 6.92 Å². The number of benzene rings is 2. The predicted molar refractivity (Wildman–Crippen MR) is 104 cm³/mol. The van der Waals surface area contributed by atoms with Gasteiger partial charge < -0.3 is 14.5 Å². The molecule has 25 heavy (non-hydrogen) atoms. The second-order valence-electron chi connectivity index (χ2n) is 7.17. The summed E-state index contributed by atoms with van der Waals surface area (Å²) in [5, 5.41) is 0. The maximum Gasteiger partial charge on any atom is 0.120 e. The molecule has 1 heterocycles. The van der Waals surface area contributed by atoms with Crippen LogP contribution >= 0.6 is 0 Å². The molecular weight excluding hydrogens is 308 g/mol. The molecule has 0 aliphatic carbocycles. The minimum atomic E-state index is 0.631. The molecule has 0 aromatic heterocycles. The molecule has 0 atom stereocenters. The van der Waals surface area contributed by atoms with Crippen molar-refractivity contribution in [2.75, 3.05) is 39.8 Å². The van der Waals surface area contributed by atoms with Crippen molar-refractivity contribution in [1.29, 1.82) is 0 Å². The first kappa shape index (κ1) is 18.0. The third kappa shape index (κ3) is 5.87. The quantitative estimate of drug-likeness (QED) is 0.765. The average Bonchev–Trinajstić information content (AvgIpc) is 2.62. The molecule has 0 unspecified atom stereocenters. The molecule has 0 radical (unpaired) electrons. The van der Waals surface area contributed by atoms with Crippen LogP contribution in [0.4, 0.5) is 0 Å². The third-order valence-electron chi connectivity index (χ3n) is 4.92. The van der Waals surface area contributed by atoms with E-state index >= 15 is 0 Å². The van der Waals surface area contributed by atoms with E-state index in [0.29, 0.717) is 6.61 Å². The summed E-state index contributed by atoms with van der Waals surface area (Å²) < 4.78 is 5.98. The van der Waals surface area contributed by atoms with Crippen LogP contribution in [-0.2, 0) is 13.0 Å². The van der Waals surface area contributed by atoms with Crippen LogP contribution < -0.4 is 4.74 Å². The summed E-state index contributed by atoms with van der Waals surface area (Å²) in [4.78, 5) is 4.99. The first-order valence-corrected chi connectivity index (χ1v) is 9.37. The maximum absolute atomic E-state index is 5.98. The number of likely N-dealkylation sites (N-methyl/N-ethyl adjacent to an activating group) is 1. The van der Waals surface area contributed by atoms with Gasteiger partial charge in [0, 0.05) is 26.2 Å². The Hall–Kier alpha value is -1.84. The molecular formula is C22H30N2O. The van der Waals surface area contributed by atoms with E-state index in [2.05, 4.69) is 72.3 Å². The van der Waals surface area contributed by atoms with Crippen molar-refractivity contribution in [2.45, 2.75) is 26.4 Å². The van der Waals surface area contributed by atoms with Crippen LogP contribution in [0.1, 0.15) is 23.1 Å². The van der Waals surface area contributed by atoms with E-state index in [9.17, 15) is 0 Å². The van der Waals surface area contributed by atoms with Crippen molar-refractivity contribution < 1.29 is 4.74 Å². The second kappa shape index (κ2) is 9.02. The molecule has 0 N–H and O–H groups in total. The second-order valence-corrected chi connectivity index (χ2v) is 7.17. The summed E-state index contributed by atoms with van der Waals surface area (Å²) in [6, 6.07) is 17.1. The summed E-state index contributed by atoms with van der Waals surface area (Å²) in [6.07, 6.45) is 2.33. The van der Waals surface area contributed by atoms with Gasteiger partial charge in [-0.25, -0.2) is 0 Å². The molecule has 1 saturated heterocycles. The summed E-state index contributed by atoms with van der Waals surface area (Å²) in [7, 11) is 2.21. The lowest BCUT2D eigenvalue weighted by atomic mass is 10.1. The summed E-state index contributed by atoms with van der Waals surface area (Å²) >= 11 is 0. The third-order valence-corrected chi connectivity index (χ3v) is 4.92. The largest absolute Gasteiger partial charge is 0.489 e. The first-order valence-electron chi connectivity index (χ1n) is 9.37. The Balaban J connectivity index is 1.44. The molecule has 0 spiro atoms. The monoisotopic (exact) mass is 338 g/mol. The van der Waals surface area contributed by atoms with Crippen LogP contribution in [0.15, 0.2) is 48.5 Å². The zero-order valence-electron chi connectivity index (χ0n) is 15.6. The number of rotatable bonds is 7. The smallest absolute Gasteiger partial charge is 0.120 e. The molecule has 1 fully saturated rings. The van der Waals surface area contributed by atoms with E-state index in [1.807, 2.05) is 0 Å². The predicted octanol–water partition coefficient (Wildman–Crippen LogP) is 3.75. The van der Waals surface area contributed by atoms with Crippen LogP contribution in [-0.4, -0.2) is 49.6 Å². The molecule has 0 saturated carbocycles. The number of aryl methyl sites for hydroxylation is 2.